The van der Waals surface area contributed by atoms with E-state index in [0.29, 0.717) is 6.42 Å². The van der Waals surface area contributed by atoms with Gasteiger partial charge in [-0.1, -0.05) is 29.8 Å². The molecule has 2 aromatic rings. The van der Waals surface area contributed by atoms with Gasteiger partial charge in [0.05, 0.1) is 13.0 Å². The maximum atomic E-state index is 12.0. The monoisotopic (exact) mass is 267 g/mol. The molecule has 0 aliphatic carbocycles. The van der Waals surface area contributed by atoms with Crippen molar-refractivity contribution in [1.82, 2.24) is 0 Å². The van der Waals surface area contributed by atoms with Crippen LogP contribution in [-0.4, -0.2) is 12.5 Å². The number of rotatable bonds is 3. The summed E-state index contributed by atoms with van der Waals surface area (Å²) in [5.74, 6) is 0.959. The molecular formula is C17H17NO2. The molecule has 0 aromatic heterocycles. The predicted molar refractivity (Wildman–Crippen MR) is 79.2 cm³/mol. The van der Waals surface area contributed by atoms with Gasteiger partial charge in [0.25, 0.3) is 0 Å². The Hall–Kier alpha value is -2.29. The molecule has 0 spiro atoms. The van der Waals surface area contributed by atoms with Crippen molar-refractivity contribution in [2.45, 2.75) is 19.8 Å². The van der Waals surface area contributed by atoms with E-state index in [1.54, 1.807) is 0 Å². The van der Waals surface area contributed by atoms with Crippen LogP contribution in [0.15, 0.2) is 42.5 Å². The van der Waals surface area contributed by atoms with E-state index in [-0.39, 0.29) is 5.91 Å². The molecule has 102 valence electrons. The Labute approximate surface area is 118 Å². The quantitative estimate of drug-likeness (QED) is 0.928. The van der Waals surface area contributed by atoms with Crippen molar-refractivity contribution in [3.05, 3.63) is 59.2 Å². The minimum atomic E-state index is 0.00715. The van der Waals surface area contributed by atoms with Crippen LogP contribution < -0.4 is 10.1 Å². The standard InChI is InChI=1S/C17H17NO2/c1-12-2-5-15(6-3-12)18-17(19)11-13-4-7-16-14(10-13)8-9-20-16/h2-7,10H,8-9,11H2,1H3,(H,18,19). The Morgan fingerprint density at radius 3 is 2.80 bits per heavy atom. The van der Waals surface area contributed by atoms with Crippen LogP contribution in [-0.2, 0) is 17.6 Å². The van der Waals surface area contributed by atoms with Crippen molar-refractivity contribution >= 4 is 11.6 Å². The van der Waals surface area contributed by atoms with Crippen LogP contribution in [0, 0.1) is 6.92 Å². The number of aryl methyl sites for hydroxylation is 1. The molecule has 0 radical (unpaired) electrons. The fraction of sp³-hybridized carbons (Fsp3) is 0.235. The normalized spacial score (nSPS) is 12.7. The van der Waals surface area contributed by atoms with E-state index in [1.165, 1.54) is 11.1 Å². The number of anilines is 1. The van der Waals surface area contributed by atoms with E-state index in [1.807, 2.05) is 43.3 Å². The van der Waals surface area contributed by atoms with Gasteiger partial charge in [-0.2, -0.15) is 0 Å². The van der Waals surface area contributed by atoms with E-state index in [2.05, 4.69) is 11.4 Å². The predicted octanol–water partition coefficient (Wildman–Crippen LogP) is 3.11. The molecule has 1 amide bonds. The van der Waals surface area contributed by atoms with Crippen molar-refractivity contribution < 1.29 is 9.53 Å². The van der Waals surface area contributed by atoms with Gasteiger partial charge in [-0.15, -0.1) is 0 Å². The molecule has 0 unspecified atom stereocenters. The van der Waals surface area contributed by atoms with Crippen LogP contribution >= 0.6 is 0 Å². The fourth-order valence-electron chi connectivity index (χ4n) is 2.38. The average molecular weight is 267 g/mol. The molecule has 0 bridgehead atoms. The van der Waals surface area contributed by atoms with Gasteiger partial charge in [0.2, 0.25) is 5.91 Å². The Morgan fingerprint density at radius 1 is 1.20 bits per heavy atom. The molecule has 3 nitrogen and oxygen atoms in total. The number of benzene rings is 2. The third-order valence-corrected chi connectivity index (χ3v) is 3.45. The van der Waals surface area contributed by atoms with Crippen molar-refractivity contribution in [2.24, 2.45) is 0 Å². The smallest absolute Gasteiger partial charge is 0.228 e. The Kier molecular flexibility index (Phi) is 3.42. The van der Waals surface area contributed by atoms with Gasteiger partial charge in [-0.05, 0) is 36.2 Å². The van der Waals surface area contributed by atoms with Crippen molar-refractivity contribution in [3.63, 3.8) is 0 Å². The SMILES string of the molecule is Cc1ccc(NC(=O)Cc2ccc3c(c2)CCO3)cc1. The molecule has 3 rings (SSSR count). The molecule has 1 aliphatic rings. The maximum absolute atomic E-state index is 12.0. The summed E-state index contributed by atoms with van der Waals surface area (Å²) < 4.78 is 5.46. The van der Waals surface area contributed by atoms with Crippen LogP contribution in [0.5, 0.6) is 5.75 Å². The number of carbonyl (C=O) groups is 1. The first-order valence-corrected chi connectivity index (χ1v) is 6.82. The van der Waals surface area contributed by atoms with E-state index < -0.39 is 0 Å². The molecule has 20 heavy (non-hydrogen) atoms. The van der Waals surface area contributed by atoms with Crippen molar-refractivity contribution in [3.8, 4) is 5.75 Å². The summed E-state index contributed by atoms with van der Waals surface area (Å²) in [4.78, 5) is 12.0. The molecule has 0 fully saturated rings. The molecular weight excluding hydrogens is 250 g/mol. The minimum absolute atomic E-state index is 0.00715. The summed E-state index contributed by atoms with van der Waals surface area (Å²) in [7, 11) is 0. The zero-order valence-corrected chi connectivity index (χ0v) is 11.5. The minimum Gasteiger partial charge on any atom is -0.493 e. The second-order valence-corrected chi connectivity index (χ2v) is 5.13. The van der Waals surface area contributed by atoms with Gasteiger partial charge < -0.3 is 10.1 Å². The molecule has 0 saturated heterocycles. The number of hydrogen-bond acceptors (Lipinski definition) is 2. The highest BCUT2D eigenvalue weighted by Crippen LogP contribution is 2.26. The third-order valence-electron chi connectivity index (χ3n) is 3.45. The fourth-order valence-corrected chi connectivity index (χ4v) is 2.38. The second-order valence-electron chi connectivity index (χ2n) is 5.13. The lowest BCUT2D eigenvalue weighted by Gasteiger charge is -2.07. The number of nitrogens with one attached hydrogen (secondary N) is 1. The average Bonchev–Trinajstić information content (AvgIpc) is 2.89. The third kappa shape index (κ3) is 2.82. The van der Waals surface area contributed by atoms with Crippen LogP contribution in [0.3, 0.4) is 0 Å². The lowest BCUT2D eigenvalue weighted by molar-refractivity contribution is -0.115. The lowest BCUT2D eigenvalue weighted by Crippen LogP contribution is -2.14. The van der Waals surface area contributed by atoms with Gasteiger partial charge in [0, 0.05) is 12.1 Å². The summed E-state index contributed by atoms with van der Waals surface area (Å²) in [6.45, 7) is 2.77. The van der Waals surface area contributed by atoms with E-state index in [0.717, 1.165) is 30.0 Å². The Balaban J connectivity index is 1.65. The highest BCUT2D eigenvalue weighted by Gasteiger charge is 2.13. The summed E-state index contributed by atoms with van der Waals surface area (Å²) in [6.07, 6.45) is 1.32. The zero-order chi connectivity index (χ0) is 13.9. The molecule has 1 aliphatic heterocycles. The molecule has 1 heterocycles. The lowest BCUT2D eigenvalue weighted by atomic mass is 10.1. The number of fused-ring (bicyclic) bond motifs is 1. The molecule has 1 N–H and O–H groups in total. The number of hydrogen-bond donors (Lipinski definition) is 1. The first-order chi connectivity index (χ1) is 9.70. The number of carbonyl (C=O) groups excluding carboxylic acids is 1. The number of ether oxygens (including phenoxy) is 1. The van der Waals surface area contributed by atoms with Crippen LogP contribution in [0.4, 0.5) is 5.69 Å². The Morgan fingerprint density at radius 2 is 2.00 bits per heavy atom. The molecule has 0 saturated carbocycles. The van der Waals surface area contributed by atoms with Crippen molar-refractivity contribution in [1.29, 1.82) is 0 Å². The molecule has 2 aromatic carbocycles. The second kappa shape index (κ2) is 5.37. The van der Waals surface area contributed by atoms with Crippen LogP contribution in [0.25, 0.3) is 0 Å². The summed E-state index contributed by atoms with van der Waals surface area (Å²) in [5.41, 5.74) is 4.25. The summed E-state index contributed by atoms with van der Waals surface area (Å²) >= 11 is 0. The van der Waals surface area contributed by atoms with E-state index >= 15 is 0 Å². The molecule has 3 heteroatoms. The zero-order valence-electron chi connectivity index (χ0n) is 11.5. The highest BCUT2D eigenvalue weighted by molar-refractivity contribution is 5.92. The van der Waals surface area contributed by atoms with Crippen molar-refractivity contribution in [2.75, 3.05) is 11.9 Å². The summed E-state index contributed by atoms with van der Waals surface area (Å²) in [5, 5.41) is 2.92. The Bertz CT molecular complexity index is 632. The van der Waals surface area contributed by atoms with Crippen LogP contribution in [0.1, 0.15) is 16.7 Å². The molecule has 0 atom stereocenters. The van der Waals surface area contributed by atoms with Gasteiger partial charge in [-0.25, -0.2) is 0 Å². The van der Waals surface area contributed by atoms with Crippen LogP contribution in [0.2, 0.25) is 0 Å². The van der Waals surface area contributed by atoms with Gasteiger partial charge in [0.15, 0.2) is 0 Å². The largest absolute Gasteiger partial charge is 0.493 e. The van der Waals surface area contributed by atoms with E-state index in [4.69, 9.17) is 4.74 Å². The highest BCUT2D eigenvalue weighted by atomic mass is 16.5. The van der Waals surface area contributed by atoms with E-state index in [9.17, 15) is 4.79 Å². The van der Waals surface area contributed by atoms with Gasteiger partial charge in [-0.3, -0.25) is 4.79 Å². The van der Waals surface area contributed by atoms with Gasteiger partial charge in [0.1, 0.15) is 5.75 Å². The first-order valence-electron chi connectivity index (χ1n) is 6.82. The maximum Gasteiger partial charge on any atom is 0.228 e. The first kappa shape index (κ1) is 12.7. The topological polar surface area (TPSA) is 38.3 Å². The van der Waals surface area contributed by atoms with Gasteiger partial charge >= 0.3 is 0 Å². The number of amides is 1. The summed E-state index contributed by atoms with van der Waals surface area (Å²) in [6, 6.07) is 13.8.